The zero-order chi connectivity index (χ0) is 21.4. The fraction of sp³-hybridized carbons (Fsp3) is 0.0417. The molecule has 31 heavy (non-hydrogen) atoms. The van der Waals surface area contributed by atoms with Gasteiger partial charge in [0.2, 0.25) is 0 Å². The lowest BCUT2D eigenvalue weighted by atomic mass is 10.0. The monoisotopic (exact) mass is 462 g/mol. The SMILES string of the molecule is Nc1c(S(=O)(=O)Cc2ccccc2)sc2nc(-c3cccs3)cc(-c3ccccc3)c12. The van der Waals surface area contributed by atoms with Gasteiger partial charge in [0.1, 0.15) is 9.04 Å². The zero-order valence-corrected chi connectivity index (χ0v) is 18.8. The third-order valence-electron chi connectivity index (χ3n) is 5.01. The van der Waals surface area contributed by atoms with Crippen molar-refractivity contribution in [2.75, 3.05) is 5.73 Å². The highest BCUT2D eigenvalue weighted by atomic mass is 32.2. The maximum Gasteiger partial charge on any atom is 0.194 e. The Bertz CT molecular complexity index is 1460. The Balaban J connectivity index is 1.73. The maximum atomic E-state index is 13.3. The number of pyridine rings is 1. The lowest BCUT2D eigenvalue weighted by Crippen LogP contribution is -2.05. The Morgan fingerprint density at radius 3 is 2.29 bits per heavy atom. The average molecular weight is 463 g/mol. The van der Waals surface area contributed by atoms with Crippen LogP contribution in [0, 0.1) is 0 Å². The molecule has 0 saturated carbocycles. The van der Waals surface area contributed by atoms with E-state index in [1.807, 2.05) is 84.2 Å². The molecule has 3 aromatic heterocycles. The molecular formula is C24H18N2O2S3. The molecule has 0 aliphatic rings. The Labute approximate surface area is 188 Å². The van der Waals surface area contributed by atoms with Crippen LogP contribution in [0.25, 0.3) is 31.9 Å². The van der Waals surface area contributed by atoms with Crippen LogP contribution in [0.4, 0.5) is 5.69 Å². The van der Waals surface area contributed by atoms with E-state index in [1.165, 1.54) is 0 Å². The number of fused-ring (bicyclic) bond motifs is 1. The van der Waals surface area contributed by atoms with E-state index in [9.17, 15) is 8.42 Å². The van der Waals surface area contributed by atoms with E-state index in [1.54, 1.807) is 11.3 Å². The number of hydrogen-bond donors (Lipinski definition) is 1. The number of aromatic nitrogens is 1. The standard InChI is InChI=1S/C24H18N2O2S3/c25-22-21-18(17-10-5-2-6-11-17)14-19(20-12-7-13-29-20)26-23(21)30-24(22)31(27,28)15-16-8-3-1-4-9-16/h1-14H,15,25H2. The molecule has 7 heteroatoms. The van der Waals surface area contributed by atoms with Crippen molar-refractivity contribution in [2.24, 2.45) is 0 Å². The molecule has 0 bridgehead atoms. The third-order valence-corrected chi connectivity index (χ3v) is 9.30. The van der Waals surface area contributed by atoms with Crippen molar-refractivity contribution in [3.63, 3.8) is 0 Å². The summed E-state index contributed by atoms with van der Waals surface area (Å²) < 4.78 is 26.7. The van der Waals surface area contributed by atoms with Gasteiger partial charge < -0.3 is 5.73 Å². The van der Waals surface area contributed by atoms with Gasteiger partial charge in [-0.15, -0.1) is 22.7 Å². The van der Waals surface area contributed by atoms with Gasteiger partial charge in [0.15, 0.2) is 9.84 Å². The molecule has 4 nitrogen and oxygen atoms in total. The molecule has 3 heterocycles. The van der Waals surface area contributed by atoms with E-state index < -0.39 is 9.84 Å². The summed E-state index contributed by atoms with van der Waals surface area (Å²) >= 11 is 2.75. The second kappa shape index (κ2) is 7.92. The fourth-order valence-electron chi connectivity index (χ4n) is 3.59. The molecule has 0 saturated heterocycles. The lowest BCUT2D eigenvalue weighted by Gasteiger charge is -2.08. The molecule has 5 rings (SSSR count). The summed E-state index contributed by atoms with van der Waals surface area (Å²) in [4.78, 5) is 6.45. The predicted molar refractivity (Wildman–Crippen MR) is 130 cm³/mol. The molecule has 5 aromatic rings. The van der Waals surface area contributed by atoms with E-state index >= 15 is 0 Å². The summed E-state index contributed by atoms with van der Waals surface area (Å²) in [6.07, 6.45) is 0. The van der Waals surface area contributed by atoms with Crippen LogP contribution >= 0.6 is 22.7 Å². The average Bonchev–Trinajstić information content (AvgIpc) is 3.43. The smallest absolute Gasteiger partial charge is 0.194 e. The van der Waals surface area contributed by atoms with Gasteiger partial charge in [0, 0.05) is 5.39 Å². The fourth-order valence-corrected chi connectivity index (χ4v) is 7.25. The number of nitrogen functional groups attached to an aromatic ring is 1. The summed E-state index contributed by atoms with van der Waals surface area (Å²) in [7, 11) is -3.62. The highest BCUT2D eigenvalue weighted by Gasteiger charge is 2.26. The van der Waals surface area contributed by atoms with Gasteiger partial charge in [-0.05, 0) is 34.2 Å². The van der Waals surface area contributed by atoms with Crippen molar-refractivity contribution in [1.29, 1.82) is 0 Å². The predicted octanol–water partition coefficient (Wildman–Crippen LogP) is 6.25. The highest BCUT2D eigenvalue weighted by Crippen LogP contribution is 2.44. The summed E-state index contributed by atoms with van der Waals surface area (Å²) in [5.41, 5.74) is 10.2. The molecule has 0 radical (unpaired) electrons. The second-order valence-electron chi connectivity index (χ2n) is 7.13. The zero-order valence-electron chi connectivity index (χ0n) is 16.4. The summed E-state index contributed by atoms with van der Waals surface area (Å²) in [6, 6.07) is 25.0. The molecule has 0 spiro atoms. The number of sulfone groups is 1. The topological polar surface area (TPSA) is 73.1 Å². The van der Waals surface area contributed by atoms with E-state index in [4.69, 9.17) is 10.7 Å². The number of anilines is 1. The molecular weight excluding hydrogens is 444 g/mol. The number of thiophene rings is 2. The molecule has 2 N–H and O–H groups in total. The van der Waals surface area contributed by atoms with Crippen LogP contribution in [-0.4, -0.2) is 13.4 Å². The lowest BCUT2D eigenvalue weighted by molar-refractivity contribution is 0.597. The van der Waals surface area contributed by atoms with Gasteiger partial charge in [0.05, 0.1) is 22.0 Å². The quantitative estimate of drug-likeness (QED) is 0.335. The first-order valence-electron chi connectivity index (χ1n) is 9.62. The van der Waals surface area contributed by atoms with E-state index in [-0.39, 0.29) is 15.6 Å². The number of hydrogen-bond acceptors (Lipinski definition) is 6. The van der Waals surface area contributed by atoms with Crippen LogP contribution in [0.15, 0.2) is 88.5 Å². The Morgan fingerprint density at radius 2 is 1.61 bits per heavy atom. The first-order chi connectivity index (χ1) is 15.0. The van der Waals surface area contributed by atoms with Crippen molar-refractivity contribution in [3.8, 4) is 21.7 Å². The first kappa shape index (κ1) is 19.9. The van der Waals surface area contributed by atoms with Crippen LogP contribution in [0.1, 0.15) is 5.56 Å². The van der Waals surface area contributed by atoms with Gasteiger partial charge in [-0.1, -0.05) is 66.7 Å². The van der Waals surface area contributed by atoms with Crippen molar-refractivity contribution in [3.05, 3.63) is 89.8 Å². The summed E-state index contributed by atoms with van der Waals surface area (Å²) in [5.74, 6) is -0.0939. The molecule has 0 aliphatic carbocycles. The third kappa shape index (κ3) is 3.76. The number of nitrogens with two attached hydrogens (primary N) is 1. The highest BCUT2D eigenvalue weighted by molar-refractivity contribution is 7.93. The Kier molecular flexibility index (Phi) is 5.09. The van der Waals surface area contributed by atoms with Crippen LogP contribution < -0.4 is 5.73 Å². The van der Waals surface area contributed by atoms with Crippen LogP contribution in [0.2, 0.25) is 0 Å². The van der Waals surface area contributed by atoms with Crippen molar-refractivity contribution in [2.45, 2.75) is 9.96 Å². The molecule has 0 unspecified atom stereocenters. The summed E-state index contributed by atoms with van der Waals surface area (Å²) in [5, 5.41) is 2.70. The Hall–Kier alpha value is -3.00. The van der Waals surface area contributed by atoms with Crippen molar-refractivity contribution >= 4 is 48.4 Å². The largest absolute Gasteiger partial charge is 0.396 e. The second-order valence-corrected chi connectivity index (χ2v) is 11.3. The molecule has 0 atom stereocenters. The van der Waals surface area contributed by atoms with Crippen LogP contribution in [-0.2, 0) is 15.6 Å². The van der Waals surface area contributed by atoms with E-state index in [0.29, 0.717) is 10.2 Å². The van der Waals surface area contributed by atoms with Gasteiger partial charge in [-0.2, -0.15) is 0 Å². The molecule has 0 amide bonds. The first-order valence-corrected chi connectivity index (χ1v) is 13.0. The number of rotatable bonds is 5. The number of nitrogens with zero attached hydrogens (tertiary/aromatic N) is 1. The minimum Gasteiger partial charge on any atom is -0.396 e. The molecule has 154 valence electrons. The summed E-state index contributed by atoms with van der Waals surface area (Å²) in [6.45, 7) is 0. The molecule has 0 aliphatic heterocycles. The van der Waals surface area contributed by atoms with E-state index in [2.05, 4.69) is 0 Å². The van der Waals surface area contributed by atoms with Gasteiger partial charge in [-0.25, -0.2) is 13.4 Å². The molecule has 2 aromatic carbocycles. The van der Waals surface area contributed by atoms with Crippen LogP contribution in [0.3, 0.4) is 0 Å². The minimum absolute atomic E-state index is 0.0939. The Morgan fingerprint density at radius 1 is 0.903 bits per heavy atom. The maximum absolute atomic E-state index is 13.3. The molecule has 0 fully saturated rings. The minimum atomic E-state index is -3.62. The number of benzene rings is 2. The van der Waals surface area contributed by atoms with Crippen molar-refractivity contribution in [1.82, 2.24) is 4.98 Å². The normalized spacial score (nSPS) is 11.7. The van der Waals surface area contributed by atoms with Crippen LogP contribution in [0.5, 0.6) is 0 Å². The van der Waals surface area contributed by atoms with Gasteiger partial charge >= 0.3 is 0 Å². The van der Waals surface area contributed by atoms with E-state index in [0.717, 1.165) is 38.6 Å². The van der Waals surface area contributed by atoms with Gasteiger partial charge in [-0.3, -0.25) is 0 Å². The van der Waals surface area contributed by atoms with Crippen molar-refractivity contribution < 1.29 is 8.42 Å². The van der Waals surface area contributed by atoms with Gasteiger partial charge in [0.25, 0.3) is 0 Å².